The van der Waals surface area contributed by atoms with E-state index in [0.29, 0.717) is 5.92 Å². The molecule has 2 aromatic rings. The Labute approximate surface area is 138 Å². The first-order valence-electron chi connectivity index (χ1n) is 7.98. The fourth-order valence-electron chi connectivity index (χ4n) is 2.57. The number of anilines is 1. The van der Waals surface area contributed by atoms with Gasteiger partial charge in [-0.15, -0.1) is 0 Å². The molecule has 0 bridgehead atoms. The molecule has 0 radical (unpaired) electrons. The highest BCUT2D eigenvalue weighted by Gasteiger charge is 2.11. The van der Waals surface area contributed by atoms with Crippen molar-refractivity contribution in [2.75, 3.05) is 11.9 Å². The summed E-state index contributed by atoms with van der Waals surface area (Å²) in [7, 11) is 0. The van der Waals surface area contributed by atoms with Gasteiger partial charge in [0.1, 0.15) is 5.75 Å². The Kier molecular flexibility index (Phi) is 5.43. The number of carbonyl (C=O) groups excluding carboxylic acids is 1. The summed E-state index contributed by atoms with van der Waals surface area (Å²) in [6.07, 6.45) is 0. The highest BCUT2D eigenvalue weighted by molar-refractivity contribution is 5.93. The summed E-state index contributed by atoms with van der Waals surface area (Å²) in [5.74, 6) is 1.00. The van der Waals surface area contributed by atoms with E-state index in [0.717, 1.165) is 33.7 Å². The summed E-state index contributed by atoms with van der Waals surface area (Å²) in [6, 6.07) is 12.1. The lowest BCUT2D eigenvalue weighted by Gasteiger charge is -2.16. The zero-order valence-electron chi connectivity index (χ0n) is 14.6. The van der Waals surface area contributed by atoms with Crippen LogP contribution in [0.4, 0.5) is 5.69 Å². The highest BCUT2D eigenvalue weighted by Crippen LogP contribution is 2.27. The second kappa shape index (κ2) is 7.32. The van der Waals surface area contributed by atoms with Gasteiger partial charge in [0.05, 0.1) is 0 Å². The summed E-state index contributed by atoms with van der Waals surface area (Å²) in [6.45, 7) is 10.2. The van der Waals surface area contributed by atoms with Crippen LogP contribution in [0.3, 0.4) is 0 Å². The molecule has 3 nitrogen and oxygen atoms in total. The maximum atomic E-state index is 12.2. The standard InChI is InChI=1S/C20H25NO2/c1-13(2)17-10-9-14(3)11-18(17)23-12-19(22)21-20-15(4)7-6-8-16(20)5/h6-11,13H,12H2,1-5H3,(H,21,22). The number of amides is 1. The van der Waals surface area contributed by atoms with Crippen LogP contribution in [0.2, 0.25) is 0 Å². The van der Waals surface area contributed by atoms with E-state index in [-0.39, 0.29) is 12.5 Å². The van der Waals surface area contributed by atoms with Crippen LogP contribution in [-0.2, 0) is 4.79 Å². The van der Waals surface area contributed by atoms with Crippen LogP contribution in [0, 0.1) is 20.8 Å². The lowest BCUT2D eigenvalue weighted by Crippen LogP contribution is -2.21. The molecule has 0 fully saturated rings. The number of rotatable bonds is 5. The van der Waals surface area contributed by atoms with Gasteiger partial charge in [0.15, 0.2) is 6.61 Å². The molecule has 0 spiro atoms. The molecule has 2 aromatic carbocycles. The van der Waals surface area contributed by atoms with E-state index in [1.807, 2.05) is 45.0 Å². The predicted octanol–water partition coefficient (Wildman–Crippen LogP) is 4.75. The van der Waals surface area contributed by atoms with Gasteiger partial charge in [0, 0.05) is 5.69 Å². The fourth-order valence-corrected chi connectivity index (χ4v) is 2.57. The number of hydrogen-bond donors (Lipinski definition) is 1. The van der Waals surface area contributed by atoms with Gasteiger partial charge < -0.3 is 10.1 Å². The van der Waals surface area contributed by atoms with Crippen LogP contribution in [0.5, 0.6) is 5.75 Å². The number of para-hydroxylation sites is 1. The van der Waals surface area contributed by atoms with Gasteiger partial charge in [-0.1, -0.05) is 44.2 Å². The van der Waals surface area contributed by atoms with E-state index in [9.17, 15) is 4.79 Å². The van der Waals surface area contributed by atoms with Gasteiger partial charge in [0.25, 0.3) is 5.91 Å². The van der Waals surface area contributed by atoms with Crippen molar-refractivity contribution in [1.82, 2.24) is 0 Å². The van der Waals surface area contributed by atoms with Crippen LogP contribution in [0.15, 0.2) is 36.4 Å². The second-order valence-electron chi connectivity index (χ2n) is 6.30. The molecule has 0 aliphatic rings. The van der Waals surface area contributed by atoms with Crippen molar-refractivity contribution in [2.24, 2.45) is 0 Å². The maximum Gasteiger partial charge on any atom is 0.262 e. The smallest absolute Gasteiger partial charge is 0.262 e. The molecule has 0 heterocycles. The zero-order chi connectivity index (χ0) is 17.0. The maximum absolute atomic E-state index is 12.2. The van der Waals surface area contributed by atoms with E-state index >= 15 is 0 Å². The molecule has 122 valence electrons. The Morgan fingerprint density at radius 3 is 2.35 bits per heavy atom. The summed E-state index contributed by atoms with van der Waals surface area (Å²) in [5.41, 5.74) is 5.22. The first-order valence-corrected chi connectivity index (χ1v) is 7.98. The third-order valence-corrected chi connectivity index (χ3v) is 3.90. The van der Waals surface area contributed by atoms with Crippen molar-refractivity contribution in [2.45, 2.75) is 40.5 Å². The molecule has 2 rings (SSSR count). The molecule has 1 N–H and O–H groups in total. The molecule has 0 aliphatic heterocycles. The number of ether oxygens (including phenoxy) is 1. The lowest BCUT2D eigenvalue weighted by atomic mass is 10.0. The molecular weight excluding hydrogens is 286 g/mol. The monoisotopic (exact) mass is 311 g/mol. The quantitative estimate of drug-likeness (QED) is 0.865. The van der Waals surface area contributed by atoms with Crippen molar-refractivity contribution >= 4 is 11.6 Å². The van der Waals surface area contributed by atoms with Gasteiger partial charge in [-0.3, -0.25) is 4.79 Å². The minimum atomic E-state index is -0.140. The van der Waals surface area contributed by atoms with Crippen molar-refractivity contribution in [3.63, 3.8) is 0 Å². The van der Waals surface area contributed by atoms with Gasteiger partial charge in [0.2, 0.25) is 0 Å². The molecule has 3 heteroatoms. The van der Waals surface area contributed by atoms with Crippen molar-refractivity contribution in [3.8, 4) is 5.75 Å². The molecule has 0 aliphatic carbocycles. The predicted molar refractivity (Wildman–Crippen MR) is 95.3 cm³/mol. The Balaban J connectivity index is 2.07. The van der Waals surface area contributed by atoms with Crippen LogP contribution in [0.1, 0.15) is 42.0 Å². The van der Waals surface area contributed by atoms with E-state index in [1.165, 1.54) is 0 Å². The second-order valence-corrected chi connectivity index (χ2v) is 6.30. The first-order chi connectivity index (χ1) is 10.9. The Hall–Kier alpha value is -2.29. The van der Waals surface area contributed by atoms with E-state index in [2.05, 4.69) is 31.3 Å². The number of benzene rings is 2. The minimum absolute atomic E-state index is 0.0109. The minimum Gasteiger partial charge on any atom is -0.483 e. The largest absolute Gasteiger partial charge is 0.483 e. The number of aryl methyl sites for hydroxylation is 3. The summed E-state index contributed by atoms with van der Waals surface area (Å²) >= 11 is 0. The lowest BCUT2D eigenvalue weighted by molar-refractivity contribution is -0.118. The highest BCUT2D eigenvalue weighted by atomic mass is 16.5. The Bertz CT molecular complexity index is 685. The molecule has 0 saturated carbocycles. The number of hydrogen-bond acceptors (Lipinski definition) is 2. The third-order valence-electron chi connectivity index (χ3n) is 3.90. The summed E-state index contributed by atoms with van der Waals surface area (Å²) in [4.78, 5) is 12.2. The van der Waals surface area contributed by atoms with Gasteiger partial charge in [-0.2, -0.15) is 0 Å². The topological polar surface area (TPSA) is 38.3 Å². The van der Waals surface area contributed by atoms with Gasteiger partial charge >= 0.3 is 0 Å². The number of carbonyl (C=O) groups is 1. The van der Waals surface area contributed by atoms with Crippen molar-refractivity contribution in [1.29, 1.82) is 0 Å². The molecule has 0 atom stereocenters. The molecule has 0 unspecified atom stereocenters. The van der Waals surface area contributed by atoms with Crippen LogP contribution in [-0.4, -0.2) is 12.5 Å². The molecule has 23 heavy (non-hydrogen) atoms. The van der Waals surface area contributed by atoms with E-state index < -0.39 is 0 Å². The summed E-state index contributed by atoms with van der Waals surface area (Å²) < 4.78 is 5.78. The van der Waals surface area contributed by atoms with E-state index in [4.69, 9.17) is 4.74 Å². The first kappa shape index (κ1) is 17.1. The van der Waals surface area contributed by atoms with Crippen LogP contribution >= 0.6 is 0 Å². The molecular formula is C20H25NO2. The fraction of sp³-hybridized carbons (Fsp3) is 0.350. The molecule has 0 aromatic heterocycles. The van der Waals surface area contributed by atoms with Gasteiger partial charge in [-0.05, 0) is 55.0 Å². The average Bonchev–Trinajstić information content (AvgIpc) is 2.49. The number of nitrogens with one attached hydrogen (secondary N) is 1. The third kappa shape index (κ3) is 4.35. The van der Waals surface area contributed by atoms with Crippen molar-refractivity contribution in [3.05, 3.63) is 58.7 Å². The van der Waals surface area contributed by atoms with Crippen LogP contribution < -0.4 is 10.1 Å². The Morgan fingerprint density at radius 1 is 1.09 bits per heavy atom. The molecule has 0 saturated heterocycles. The zero-order valence-corrected chi connectivity index (χ0v) is 14.6. The normalized spacial score (nSPS) is 10.7. The van der Waals surface area contributed by atoms with Crippen molar-refractivity contribution < 1.29 is 9.53 Å². The Morgan fingerprint density at radius 2 is 1.74 bits per heavy atom. The SMILES string of the molecule is Cc1ccc(C(C)C)c(OCC(=O)Nc2c(C)cccc2C)c1. The van der Waals surface area contributed by atoms with E-state index in [1.54, 1.807) is 0 Å². The van der Waals surface area contributed by atoms with Crippen LogP contribution in [0.25, 0.3) is 0 Å². The van der Waals surface area contributed by atoms with Gasteiger partial charge in [-0.25, -0.2) is 0 Å². The average molecular weight is 311 g/mol. The summed E-state index contributed by atoms with van der Waals surface area (Å²) in [5, 5.41) is 2.95. The molecule has 1 amide bonds.